The molecule has 0 saturated heterocycles. The first-order chi connectivity index (χ1) is 26.5. The Morgan fingerprint density at radius 1 is 0.593 bits per heavy atom. The lowest BCUT2D eigenvalue weighted by Gasteiger charge is -2.29. The summed E-state index contributed by atoms with van der Waals surface area (Å²) in [5, 5.41) is 8.10. The first-order valence-corrected chi connectivity index (χ1v) is 20.3. The maximum Gasteiger partial charge on any atom is 0.352 e. The second-order valence-electron chi connectivity index (χ2n) is 14.4. The van der Waals surface area contributed by atoms with Crippen LogP contribution in [-0.4, -0.2) is 38.0 Å². The molecular weight excluding hydrogens is 681 g/mol. The van der Waals surface area contributed by atoms with E-state index in [1.807, 2.05) is 60.7 Å². The highest BCUT2D eigenvalue weighted by atomic mass is 16.7. The van der Waals surface area contributed by atoms with Crippen LogP contribution in [0.15, 0.2) is 79.0 Å². The number of hydrogen-bond acceptors (Lipinski definition) is 9. The molecule has 54 heavy (non-hydrogen) atoms. The van der Waals surface area contributed by atoms with Gasteiger partial charge in [0, 0.05) is 12.6 Å². The molecule has 292 valence electrons. The summed E-state index contributed by atoms with van der Waals surface area (Å²) in [7, 11) is 0. The Kier molecular flexibility index (Phi) is 19.2. The number of aromatic nitrogens is 4. The Hall–Kier alpha value is -4.60. The molecule has 0 bridgehead atoms. The van der Waals surface area contributed by atoms with Crippen molar-refractivity contribution < 1.29 is 28.7 Å². The Morgan fingerprint density at radius 3 is 1.69 bits per heavy atom. The molecule has 1 atom stereocenters. The lowest BCUT2D eigenvalue weighted by atomic mass is 9.77. The highest BCUT2D eigenvalue weighted by Crippen LogP contribution is 2.35. The number of carbonyl (C=O) groups is 3. The van der Waals surface area contributed by atoms with Crippen molar-refractivity contribution in [2.45, 2.75) is 149 Å². The van der Waals surface area contributed by atoms with Crippen molar-refractivity contribution in [2.24, 2.45) is 5.41 Å². The van der Waals surface area contributed by atoms with Gasteiger partial charge in [-0.3, -0.25) is 9.59 Å². The SMILES string of the molecule is CCCCCCCCCCCC(CCCCCCCCCCC(=O)OCc1ccccc1)(C(=O)OCc1ccccc1)C(=O)On1nnc2cccnc21. The third-order valence-electron chi connectivity index (χ3n) is 10.0. The average molecular weight is 741 g/mol. The van der Waals surface area contributed by atoms with Gasteiger partial charge in [-0.15, -0.1) is 5.10 Å². The van der Waals surface area contributed by atoms with E-state index < -0.39 is 17.4 Å². The zero-order valence-electron chi connectivity index (χ0n) is 32.3. The van der Waals surface area contributed by atoms with Gasteiger partial charge in [0.25, 0.3) is 0 Å². The molecule has 2 aromatic heterocycles. The van der Waals surface area contributed by atoms with Crippen LogP contribution in [0.3, 0.4) is 0 Å². The van der Waals surface area contributed by atoms with Gasteiger partial charge in [-0.2, -0.15) is 0 Å². The summed E-state index contributed by atoms with van der Waals surface area (Å²) in [6.45, 7) is 2.62. The monoisotopic (exact) mass is 740 g/mol. The first kappa shape index (κ1) is 42.1. The highest BCUT2D eigenvalue weighted by Gasteiger charge is 2.49. The number of unbranched alkanes of at least 4 members (excludes halogenated alkanes) is 15. The van der Waals surface area contributed by atoms with E-state index >= 15 is 0 Å². The van der Waals surface area contributed by atoms with Crippen LogP contribution in [0, 0.1) is 5.41 Å². The third-order valence-corrected chi connectivity index (χ3v) is 10.0. The maximum absolute atomic E-state index is 14.3. The molecule has 0 aliphatic heterocycles. The molecule has 10 heteroatoms. The normalized spacial score (nSPS) is 12.3. The van der Waals surface area contributed by atoms with Crippen molar-refractivity contribution in [3.8, 4) is 0 Å². The Labute approximate surface area is 321 Å². The van der Waals surface area contributed by atoms with Crippen LogP contribution in [0.1, 0.15) is 146 Å². The second-order valence-corrected chi connectivity index (χ2v) is 14.4. The average Bonchev–Trinajstić information content (AvgIpc) is 3.61. The molecule has 0 aliphatic rings. The number of carbonyl (C=O) groups excluding carboxylic acids is 3. The standard InChI is InChI=1S/C44H60N4O6/c1-2-3-4-5-6-8-11-14-23-32-44(42(50)53-36-38-28-20-17-21-29-38,43(51)54-48-41-39(46-47-48)30-25-34-45-41)33-24-15-12-9-7-10-13-22-31-40(49)52-35-37-26-18-16-19-27-37/h16-21,25-30,34H,2-15,22-24,31-33,35-36H2,1H3. The van der Waals surface area contributed by atoms with E-state index in [1.165, 1.54) is 32.1 Å². The molecule has 4 rings (SSSR count). The molecule has 0 radical (unpaired) electrons. The van der Waals surface area contributed by atoms with E-state index in [9.17, 15) is 14.4 Å². The minimum absolute atomic E-state index is 0.0744. The summed E-state index contributed by atoms with van der Waals surface area (Å²) in [6.07, 6.45) is 20.2. The Bertz CT molecular complexity index is 1650. The van der Waals surface area contributed by atoms with Gasteiger partial charge >= 0.3 is 17.9 Å². The molecule has 2 aromatic carbocycles. The van der Waals surface area contributed by atoms with Crippen LogP contribution in [0.4, 0.5) is 0 Å². The maximum atomic E-state index is 14.3. The van der Waals surface area contributed by atoms with Gasteiger partial charge in [0.1, 0.15) is 18.7 Å². The van der Waals surface area contributed by atoms with Gasteiger partial charge in [-0.25, -0.2) is 9.78 Å². The van der Waals surface area contributed by atoms with E-state index in [2.05, 4.69) is 22.2 Å². The van der Waals surface area contributed by atoms with Gasteiger partial charge in [-0.05, 0) is 52.6 Å². The van der Waals surface area contributed by atoms with Crippen LogP contribution < -0.4 is 4.84 Å². The van der Waals surface area contributed by atoms with Crippen molar-refractivity contribution in [3.63, 3.8) is 0 Å². The molecule has 0 N–H and O–H groups in total. The smallest absolute Gasteiger partial charge is 0.352 e. The predicted octanol–water partition coefficient (Wildman–Crippen LogP) is 10.1. The molecule has 0 aliphatic carbocycles. The van der Waals surface area contributed by atoms with Crippen LogP contribution in [0.2, 0.25) is 0 Å². The number of ether oxygens (including phenoxy) is 2. The summed E-state index contributed by atoms with van der Waals surface area (Å²) in [6, 6.07) is 22.7. The van der Waals surface area contributed by atoms with Crippen molar-refractivity contribution in [3.05, 3.63) is 90.1 Å². The minimum atomic E-state index is -1.49. The molecule has 2 heterocycles. The fraction of sp³-hybridized carbons (Fsp3) is 0.545. The summed E-state index contributed by atoms with van der Waals surface area (Å²) < 4.78 is 11.3. The minimum Gasteiger partial charge on any atom is -0.461 e. The van der Waals surface area contributed by atoms with Gasteiger partial charge in [0.15, 0.2) is 5.41 Å². The number of pyridine rings is 1. The molecule has 1 unspecified atom stereocenters. The van der Waals surface area contributed by atoms with E-state index in [4.69, 9.17) is 14.3 Å². The number of benzene rings is 2. The fourth-order valence-electron chi connectivity index (χ4n) is 6.75. The number of esters is 2. The Morgan fingerprint density at radius 2 is 1.11 bits per heavy atom. The van der Waals surface area contributed by atoms with E-state index in [-0.39, 0.29) is 12.6 Å². The van der Waals surface area contributed by atoms with E-state index in [1.54, 1.807) is 18.3 Å². The zero-order valence-corrected chi connectivity index (χ0v) is 32.3. The van der Waals surface area contributed by atoms with Crippen molar-refractivity contribution >= 4 is 29.1 Å². The lowest BCUT2D eigenvalue weighted by Crippen LogP contribution is -2.46. The Balaban J connectivity index is 1.30. The molecule has 0 spiro atoms. The number of fused-ring (bicyclic) bond motifs is 1. The van der Waals surface area contributed by atoms with Gasteiger partial charge < -0.3 is 14.3 Å². The fourth-order valence-corrected chi connectivity index (χ4v) is 6.75. The first-order valence-electron chi connectivity index (χ1n) is 20.3. The quantitative estimate of drug-likeness (QED) is 0.0242. The second kappa shape index (κ2) is 24.7. The van der Waals surface area contributed by atoms with Crippen LogP contribution in [-0.2, 0) is 37.1 Å². The third kappa shape index (κ3) is 14.7. The van der Waals surface area contributed by atoms with Crippen LogP contribution in [0.5, 0.6) is 0 Å². The summed E-state index contributed by atoms with van der Waals surface area (Å²) in [4.78, 5) is 51.7. The van der Waals surface area contributed by atoms with Gasteiger partial charge in [0.2, 0.25) is 5.65 Å². The van der Waals surface area contributed by atoms with Gasteiger partial charge in [0.05, 0.1) is 0 Å². The highest BCUT2D eigenvalue weighted by molar-refractivity contribution is 6.00. The molecule has 10 nitrogen and oxygen atoms in total. The molecule has 0 saturated carbocycles. The molecular formula is C44H60N4O6. The summed E-state index contributed by atoms with van der Waals surface area (Å²) in [5.41, 5.74) is 1.16. The topological polar surface area (TPSA) is 123 Å². The number of hydrogen-bond donors (Lipinski definition) is 0. The van der Waals surface area contributed by atoms with Crippen LogP contribution >= 0.6 is 0 Å². The zero-order chi connectivity index (χ0) is 38.1. The van der Waals surface area contributed by atoms with E-state index in [0.29, 0.717) is 49.9 Å². The van der Waals surface area contributed by atoms with Crippen molar-refractivity contribution in [2.75, 3.05) is 0 Å². The van der Waals surface area contributed by atoms with Gasteiger partial charge in [-0.1, -0.05) is 170 Å². The van der Waals surface area contributed by atoms with E-state index in [0.717, 1.165) is 80.2 Å². The number of rotatable bonds is 28. The predicted molar refractivity (Wildman–Crippen MR) is 210 cm³/mol. The van der Waals surface area contributed by atoms with Crippen LogP contribution in [0.25, 0.3) is 11.2 Å². The molecule has 0 amide bonds. The summed E-state index contributed by atoms with van der Waals surface area (Å²) in [5.74, 6) is -1.39. The number of nitrogens with zero attached hydrogens (tertiary/aromatic N) is 4. The summed E-state index contributed by atoms with van der Waals surface area (Å²) >= 11 is 0. The largest absolute Gasteiger partial charge is 0.461 e. The van der Waals surface area contributed by atoms with Crippen molar-refractivity contribution in [1.82, 2.24) is 20.1 Å². The molecule has 0 fully saturated rings. The molecule has 4 aromatic rings. The van der Waals surface area contributed by atoms with Crippen molar-refractivity contribution in [1.29, 1.82) is 0 Å². The lowest BCUT2D eigenvalue weighted by molar-refractivity contribution is -0.176.